The van der Waals surface area contributed by atoms with Crippen LogP contribution < -0.4 is 4.90 Å². The Balaban J connectivity index is 1.42. The molecule has 0 atom stereocenters. The van der Waals surface area contributed by atoms with Crippen LogP contribution in [0.3, 0.4) is 0 Å². The van der Waals surface area contributed by atoms with Gasteiger partial charge < -0.3 is 4.90 Å². The molecular formula is C13H15N7S. The minimum atomic E-state index is 0.779. The van der Waals surface area contributed by atoms with Crippen LogP contribution in [-0.2, 0) is 6.54 Å². The van der Waals surface area contributed by atoms with Crippen molar-refractivity contribution in [3.63, 3.8) is 0 Å². The van der Waals surface area contributed by atoms with Gasteiger partial charge in [-0.3, -0.25) is 4.90 Å². The van der Waals surface area contributed by atoms with Crippen LogP contribution in [-0.4, -0.2) is 55.9 Å². The summed E-state index contributed by atoms with van der Waals surface area (Å²) in [6, 6.07) is 3.97. The monoisotopic (exact) mass is 301 g/mol. The van der Waals surface area contributed by atoms with Gasteiger partial charge in [0.1, 0.15) is 12.1 Å². The van der Waals surface area contributed by atoms with Crippen LogP contribution in [0.25, 0.3) is 5.65 Å². The number of piperazine rings is 1. The van der Waals surface area contributed by atoms with E-state index >= 15 is 0 Å². The van der Waals surface area contributed by atoms with Crippen LogP contribution in [0.5, 0.6) is 0 Å². The summed E-state index contributed by atoms with van der Waals surface area (Å²) >= 11 is 1.65. The molecular weight excluding hydrogens is 286 g/mol. The van der Waals surface area contributed by atoms with Gasteiger partial charge in [0.2, 0.25) is 0 Å². The zero-order chi connectivity index (χ0) is 14.1. The average Bonchev–Trinajstić information content (AvgIpc) is 3.18. The molecule has 21 heavy (non-hydrogen) atoms. The Hall–Kier alpha value is -2.06. The Labute approximate surface area is 125 Å². The number of fused-ring (bicyclic) bond motifs is 1. The van der Waals surface area contributed by atoms with Gasteiger partial charge in [0.15, 0.2) is 5.65 Å². The molecule has 8 heteroatoms. The second-order valence-corrected chi connectivity index (χ2v) is 5.79. The smallest absolute Gasteiger partial charge is 0.177 e. The molecule has 0 aliphatic carbocycles. The summed E-state index contributed by atoms with van der Waals surface area (Å²) < 4.78 is 1.72. The highest BCUT2D eigenvalue weighted by atomic mass is 32.1. The minimum Gasteiger partial charge on any atom is -0.353 e. The molecule has 0 N–H and O–H groups in total. The minimum absolute atomic E-state index is 0.779. The summed E-state index contributed by atoms with van der Waals surface area (Å²) in [6.07, 6.45) is 1.64. The van der Waals surface area contributed by atoms with E-state index in [9.17, 15) is 0 Å². The van der Waals surface area contributed by atoms with E-state index in [0.29, 0.717) is 0 Å². The number of thiazole rings is 1. The molecule has 0 spiro atoms. The molecule has 0 aromatic carbocycles. The highest BCUT2D eigenvalue weighted by molar-refractivity contribution is 7.07. The van der Waals surface area contributed by atoms with Crippen LogP contribution in [0.4, 0.5) is 5.82 Å². The lowest BCUT2D eigenvalue weighted by atomic mass is 10.3. The van der Waals surface area contributed by atoms with Crippen LogP contribution in [0.2, 0.25) is 0 Å². The first-order chi connectivity index (χ1) is 10.4. The zero-order valence-corrected chi connectivity index (χ0v) is 12.3. The fourth-order valence-corrected chi connectivity index (χ4v) is 3.12. The van der Waals surface area contributed by atoms with Crippen LogP contribution >= 0.6 is 11.3 Å². The molecule has 0 radical (unpaired) electrons. The molecule has 4 heterocycles. The largest absolute Gasteiger partial charge is 0.353 e. The van der Waals surface area contributed by atoms with Crippen LogP contribution in [0, 0.1) is 0 Å². The van der Waals surface area contributed by atoms with E-state index < -0.39 is 0 Å². The van der Waals surface area contributed by atoms with E-state index in [0.717, 1.165) is 49.9 Å². The van der Waals surface area contributed by atoms with Gasteiger partial charge >= 0.3 is 0 Å². The van der Waals surface area contributed by atoms with Crippen molar-refractivity contribution in [1.82, 2.24) is 29.7 Å². The van der Waals surface area contributed by atoms with Crippen molar-refractivity contribution in [1.29, 1.82) is 0 Å². The molecule has 1 fully saturated rings. The first-order valence-corrected chi connectivity index (χ1v) is 7.84. The van der Waals surface area contributed by atoms with Crippen molar-refractivity contribution in [3.05, 3.63) is 35.0 Å². The maximum absolute atomic E-state index is 4.55. The van der Waals surface area contributed by atoms with Crippen molar-refractivity contribution >= 4 is 22.8 Å². The van der Waals surface area contributed by atoms with Gasteiger partial charge in [0.25, 0.3) is 0 Å². The number of hydrogen-bond donors (Lipinski definition) is 0. The highest BCUT2D eigenvalue weighted by Crippen LogP contribution is 2.15. The lowest BCUT2D eigenvalue weighted by molar-refractivity contribution is 0.247. The van der Waals surface area contributed by atoms with E-state index in [1.165, 1.54) is 0 Å². The lowest BCUT2D eigenvalue weighted by Gasteiger charge is -2.34. The number of nitrogens with zero attached hydrogens (tertiary/aromatic N) is 7. The third kappa shape index (κ3) is 2.59. The van der Waals surface area contributed by atoms with Crippen molar-refractivity contribution < 1.29 is 0 Å². The maximum Gasteiger partial charge on any atom is 0.177 e. The molecule has 7 nitrogen and oxygen atoms in total. The summed E-state index contributed by atoms with van der Waals surface area (Å²) in [5, 5.41) is 14.5. The molecule has 1 aliphatic rings. The fourth-order valence-electron chi connectivity index (χ4n) is 2.57. The summed E-state index contributed by atoms with van der Waals surface area (Å²) in [6.45, 7) is 4.95. The first kappa shape index (κ1) is 12.7. The second-order valence-electron chi connectivity index (χ2n) is 5.07. The Bertz CT molecular complexity index is 715. The summed E-state index contributed by atoms with van der Waals surface area (Å²) in [5.41, 5.74) is 3.84. The number of rotatable bonds is 3. The molecule has 0 bridgehead atoms. The van der Waals surface area contributed by atoms with Crippen LogP contribution in [0.15, 0.2) is 29.4 Å². The Kier molecular flexibility index (Phi) is 3.24. The maximum atomic E-state index is 4.55. The van der Waals surface area contributed by atoms with Crippen molar-refractivity contribution in [3.8, 4) is 0 Å². The van der Waals surface area contributed by atoms with Gasteiger partial charge in [0.05, 0.1) is 11.2 Å². The van der Waals surface area contributed by atoms with E-state index in [1.54, 1.807) is 22.2 Å². The molecule has 3 aromatic heterocycles. The predicted octanol–water partition coefficient (Wildman–Crippen LogP) is 0.903. The molecule has 1 saturated heterocycles. The fraction of sp³-hybridized carbons (Fsp3) is 0.385. The van der Waals surface area contributed by atoms with Gasteiger partial charge in [-0.25, -0.2) is 4.98 Å². The molecule has 1 aliphatic heterocycles. The summed E-state index contributed by atoms with van der Waals surface area (Å²) in [4.78, 5) is 9.09. The van der Waals surface area contributed by atoms with Gasteiger partial charge in [-0.15, -0.1) is 26.6 Å². The predicted molar refractivity (Wildman–Crippen MR) is 80.4 cm³/mol. The molecule has 0 unspecified atom stereocenters. The highest BCUT2D eigenvalue weighted by Gasteiger charge is 2.19. The standard InChI is InChI=1S/C13H15N7S/c1-2-13(17-20-9-15-16-12(1)20)19-5-3-18(4-6-19)7-11-8-21-10-14-11/h1-2,8-10H,3-7H2. The van der Waals surface area contributed by atoms with Gasteiger partial charge in [-0.05, 0) is 12.1 Å². The molecule has 0 saturated carbocycles. The molecule has 4 rings (SSSR count). The third-order valence-corrected chi connectivity index (χ3v) is 4.35. The number of aromatic nitrogens is 5. The average molecular weight is 301 g/mol. The van der Waals surface area contributed by atoms with Gasteiger partial charge in [-0.1, -0.05) is 0 Å². The SMILES string of the molecule is c1nc(CN2CCN(c3ccc4nncn4n3)CC2)cs1. The summed E-state index contributed by atoms with van der Waals surface area (Å²) in [5.74, 6) is 0.982. The van der Waals surface area contributed by atoms with Crippen molar-refractivity contribution in [2.75, 3.05) is 31.1 Å². The van der Waals surface area contributed by atoms with Crippen molar-refractivity contribution in [2.45, 2.75) is 6.54 Å². The van der Waals surface area contributed by atoms with Gasteiger partial charge in [0, 0.05) is 38.1 Å². The van der Waals surface area contributed by atoms with E-state index in [1.807, 2.05) is 17.6 Å². The van der Waals surface area contributed by atoms with Gasteiger partial charge in [-0.2, -0.15) is 4.52 Å². The van der Waals surface area contributed by atoms with Crippen molar-refractivity contribution in [2.24, 2.45) is 0 Å². The second kappa shape index (κ2) is 5.38. The lowest BCUT2D eigenvalue weighted by Crippen LogP contribution is -2.46. The van der Waals surface area contributed by atoms with E-state index in [4.69, 9.17) is 0 Å². The molecule has 108 valence electrons. The normalized spacial score (nSPS) is 16.7. The number of anilines is 1. The Morgan fingerprint density at radius 3 is 2.86 bits per heavy atom. The third-order valence-electron chi connectivity index (χ3n) is 3.71. The topological polar surface area (TPSA) is 62.5 Å². The van der Waals surface area contributed by atoms with Crippen LogP contribution in [0.1, 0.15) is 5.69 Å². The zero-order valence-electron chi connectivity index (χ0n) is 11.5. The quantitative estimate of drug-likeness (QED) is 0.716. The summed E-state index contributed by atoms with van der Waals surface area (Å²) in [7, 11) is 0. The Morgan fingerprint density at radius 2 is 2.05 bits per heavy atom. The van der Waals surface area contributed by atoms with E-state index in [-0.39, 0.29) is 0 Å². The number of hydrogen-bond acceptors (Lipinski definition) is 7. The Morgan fingerprint density at radius 1 is 1.14 bits per heavy atom. The molecule has 3 aromatic rings. The molecule has 0 amide bonds. The first-order valence-electron chi connectivity index (χ1n) is 6.90. The van der Waals surface area contributed by atoms with E-state index in [2.05, 4.69) is 35.5 Å².